The molecule has 8 nitrogen and oxygen atoms in total. The molecule has 0 spiro atoms. The molecule has 8 heteroatoms. The highest BCUT2D eigenvalue weighted by molar-refractivity contribution is 5.93. The lowest BCUT2D eigenvalue weighted by molar-refractivity contribution is -0.161. The third kappa shape index (κ3) is 4.15. The Bertz CT molecular complexity index is 959. The third-order valence-electron chi connectivity index (χ3n) is 7.77. The number of methoxy groups -OCH3 is 3. The maximum absolute atomic E-state index is 12.9. The van der Waals surface area contributed by atoms with Gasteiger partial charge in [0.1, 0.15) is 0 Å². The Hall–Kier alpha value is -2.77. The fraction of sp³-hybridized carbons (Fsp3) is 0.640. The number of anilines is 2. The normalized spacial score (nSPS) is 26.0. The fourth-order valence-electron chi connectivity index (χ4n) is 6.27. The van der Waals surface area contributed by atoms with Gasteiger partial charge in [-0.25, -0.2) is 9.59 Å². The van der Waals surface area contributed by atoms with Crippen LogP contribution in [0, 0.1) is 11.3 Å². The van der Waals surface area contributed by atoms with E-state index in [1.807, 2.05) is 26.8 Å². The van der Waals surface area contributed by atoms with E-state index in [0.717, 1.165) is 42.4 Å². The summed E-state index contributed by atoms with van der Waals surface area (Å²) < 4.78 is 15.0. The van der Waals surface area contributed by atoms with Crippen LogP contribution in [0.15, 0.2) is 6.07 Å². The third-order valence-corrected chi connectivity index (χ3v) is 7.77. The van der Waals surface area contributed by atoms with Gasteiger partial charge in [-0.15, -0.1) is 0 Å². The number of carbonyl (C=O) groups excluding carboxylic acids is 3. The Balaban J connectivity index is 2.27. The van der Waals surface area contributed by atoms with Crippen LogP contribution in [0.3, 0.4) is 0 Å². The van der Waals surface area contributed by atoms with Gasteiger partial charge in [-0.2, -0.15) is 0 Å². The minimum absolute atomic E-state index is 0.00633. The summed E-state index contributed by atoms with van der Waals surface area (Å²) in [6.07, 6.45) is 2.90. The second-order valence-electron chi connectivity index (χ2n) is 9.90. The Kier molecular flexibility index (Phi) is 6.96. The number of amides is 2. The number of hydrogen-bond donors (Lipinski definition) is 2. The van der Waals surface area contributed by atoms with Gasteiger partial charge in [0.15, 0.2) is 0 Å². The van der Waals surface area contributed by atoms with Crippen molar-refractivity contribution in [2.45, 2.75) is 71.1 Å². The highest BCUT2D eigenvalue weighted by atomic mass is 16.5. The maximum atomic E-state index is 12.9. The van der Waals surface area contributed by atoms with Gasteiger partial charge < -0.3 is 14.2 Å². The van der Waals surface area contributed by atoms with E-state index in [9.17, 15) is 14.4 Å². The monoisotopic (exact) mass is 460 g/mol. The first-order valence-corrected chi connectivity index (χ1v) is 11.5. The van der Waals surface area contributed by atoms with Gasteiger partial charge in [0, 0.05) is 11.3 Å². The first kappa shape index (κ1) is 24.9. The molecule has 0 bridgehead atoms. The van der Waals surface area contributed by atoms with Crippen LogP contribution in [-0.4, -0.2) is 39.5 Å². The maximum Gasteiger partial charge on any atom is 0.411 e. The zero-order valence-electron chi connectivity index (χ0n) is 20.7. The lowest BCUT2D eigenvalue weighted by Gasteiger charge is -2.54. The molecule has 33 heavy (non-hydrogen) atoms. The van der Waals surface area contributed by atoms with Crippen molar-refractivity contribution in [3.8, 4) is 0 Å². The van der Waals surface area contributed by atoms with E-state index in [4.69, 9.17) is 14.2 Å². The predicted octanol–water partition coefficient (Wildman–Crippen LogP) is 5.35. The first-order chi connectivity index (χ1) is 15.5. The zero-order chi connectivity index (χ0) is 24.6. The second kappa shape index (κ2) is 9.23. The van der Waals surface area contributed by atoms with E-state index in [1.54, 1.807) is 0 Å². The van der Waals surface area contributed by atoms with Gasteiger partial charge in [0.25, 0.3) is 0 Å². The molecule has 1 fully saturated rings. The van der Waals surface area contributed by atoms with Crippen molar-refractivity contribution < 1.29 is 28.6 Å². The molecule has 1 unspecified atom stereocenters. The van der Waals surface area contributed by atoms with Crippen molar-refractivity contribution in [2.24, 2.45) is 11.3 Å². The van der Waals surface area contributed by atoms with Crippen molar-refractivity contribution in [1.29, 1.82) is 0 Å². The van der Waals surface area contributed by atoms with E-state index in [0.29, 0.717) is 17.8 Å². The number of rotatable bonds is 4. The summed E-state index contributed by atoms with van der Waals surface area (Å²) in [5, 5.41) is 5.77. The van der Waals surface area contributed by atoms with E-state index in [1.165, 1.54) is 21.3 Å². The molecule has 0 aromatic heterocycles. The van der Waals surface area contributed by atoms with Crippen molar-refractivity contribution in [3.63, 3.8) is 0 Å². The Morgan fingerprint density at radius 2 is 1.64 bits per heavy atom. The molecule has 0 heterocycles. The van der Waals surface area contributed by atoms with Gasteiger partial charge in [0.05, 0.1) is 32.4 Å². The van der Waals surface area contributed by atoms with Crippen LogP contribution in [0.5, 0.6) is 0 Å². The molecule has 0 saturated heterocycles. The quantitative estimate of drug-likeness (QED) is 0.464. The van der Waals surface area contributed by atoms with Crippen LogP contribution in [0.4, 0.5) is 21.0 Å². The second-order valence-corrected chi connectivity index (χ2v) is 9.90. The Morgan fingerprint density at radius 1 is 1.00 bits per heavy atom. The number of nitrogens with one attached hydrogen (secondary N) is 2. The average molecular weight is 461 g/mol. The minimum Gasteiger partial charge on any atom is -0.469 e. The number of benzene rings is 1. The van der Waals surface area contributed by atoms with Crippen LogP contribution in [0.1, 0.15) is 76.0 Å². The smallest absolute Gasteiger partial charge is 0.411 e. The lowest BCUT2D eigenvalue weighted by atomic mass is 9.49. The van der Waals surface area contributed by atoms with E-state index >= 15 is 0 Å². The molecule has 0 aliphatic heterocycles. The number of esters is 1. The van der Waals surface area contributed by atoms with Crippen molar-refractivity contribution in [2.75, 3.05) is 32.0 Å². The predicted molar refractivity (Wildman–Crippen MR) is 126 cm³/mol. The number of hydrogen-bond acceptors (Lipinski definition) is 6. The molecule has 2 aliphatic carbocycles. The van der Waals surface area contributed by atoms with Gasteiger partial charge >= 0.3 is 18.2 Å². The highest BCUT2D eigenvalue weighted by Crippen LogP contribution is 2.59. The largest absolute Gasteiger partial charge is 0.469 e. The van der Waals surface area contributed by atoms with Gasteiger partial charge in [0.2, 0.25) is 0 Å². The molecular weight excluding hydrogens is 424 g/mol. The number of fused-ring (bicyclic) bond motifs is 3. The van der Waals surface area contributed by atoms with Gasteiger partial charge in [-0.05, 0) is 67.1 Å². The Morgan fingerprint density at radius 3 is 2.21 bits per heavy atom. The molecular formula is C25H36N2O6. The highest BCUT2D eigenvalue weighted by Gasteiger charge is 2.56. The SMILES string of the molecule is COC(=O)Nc1cc2c(c(NC(=O)OC)c1C(C)C)CCC1[C@](C)(C(=O)OC)CCC[C@]21C. The minimum atomic E-state index is -0.595. The summed E-state index contributed by atoms with van der Waals surface area (Å²) in [6.45, 7) is 8.22. The lowest BCUT2D eigenvalue weighted by Crippen LogP contribution is -2.52. The summed E-state index contributed by atoms with van der Waals surface area (Å²) in [6, 6.07) is 2.01. The van der Waals surface area contributed by atoms with E-state index < -0.39 is 17.6 Å². The molecule has 1 aromatic rings. The number of ether oxygens (including phenoxy) is 3. The topological polar surface area (TPSA) is 103 Å². The molecule has 2 N–H and O–H groups in total. The van der Waals surface area contributed by atoms with Crippen molar-refractivity contribution in [1.82, 2.24) is 0 Å². The molecule has 3 atom stereocenters. The van der Waals surface area contributed by atoms with Crippen molar-refractivity contribution in [3.05, 3.63) is 22.8 Å². The van der Waals surface area contributed by atoms with Crippen LogP contribution in [-0.2, 0) is 30.8 Å². The van der Waals surface area contributed by atoms with Crippen LogP contribution < -0.4 is 10.6 Å². The summed E-state index contributed by atoms with van der Waals surface area (Å²) in [5.41, 5.74) is 3.23. The van der Waals surface area contributed by atoms with E-state index in [2.05, 4.69) is 17.6 Å². The summed E-state index contributed by atoms with van der Waals surface area (Å²) in [7, 11) is 4.09. The van der Waals surface area contributed by atoms with Crippen LogP contribution in [0.2, 0.25) is 0 Å². The van der Waals surface area contributed by atoms with Crippen molar-refractivity contribution >= 4 is 29.5 Å². The molecule has 1 aromatic carbocycles. The summed E-state index contributed by atoms with van der Waals surface area (Å²) in [5.74, 6) is -0.103. The van der Waals surface area contributed by atoms with Gasteiger partial charge in [-0.3, -0.25) is 15.4 Å². The summed E-state index contributed by atoms with van der Waals surface area (Å²) in [4.78, 5) is 37.4. The zero-order valence-corrected chi connectivity index (χ0v) is 20.7. The molecule has 2 aliphatic rings. The van der Waals surface area contributed by atoms with Crippen LogP contribution in [0.25, 0.3) is 0 Å². The molecule has 3 rings (SSSR count). The molecule has 0 radical (unpaired) electrons. The Labute approximate surface area is 195 Å². The first-order valence-electron chi connectivity index (χ1n) is 11.5. The molecule has 1 saturated carbocycles. The fourth-order valence-corrected chi connectivity index (χ4v) is 6.27. The summed E-state index contributed by atoms with van der Waals surface area (Å²) >= 11 is 0. The van der Waals surface area contributed by atoms with E-state index in [-0.39, 0.29) is 23.2 Å². The standard InChI is InChI=1S/C25H36N2O6/c1-14(2)19-17(26-22(29)32-6)13-16-15(20(19)27-23(30)33-7)9-10-18-24(16,3)11-8-12-25(18,4)21(28)31-5/h13-14,18H,8-12H2,1-7H3,(H,26,29)(H,27,30)/t18?,24-,25-/m1/s1. The molecule has 182 valence electrons. The average Bonchev–Trinajstić information content (AvgIpc) is 2.78. The van der Waals surface area contributed by atoms with Gasteiger partial charge in [-0.1, -0.05) is 27.2 Å². The molecule has 2 amide bonds. The van der Waals surface area contributed by atoms with Crippen LogP contribution >= 0.6 is 0 Å². The number of carbonyl (C=O) groups is 3.